The molecule has 0 saturated heterocycles. The molecular formula is C18H32N2O5. The second kappa shape index (κ2) is 10.1. The summed E-state index contributed by atoms with van der Waals surface area (Å²) in [6.45, 7) is 14.5. The molecule has 0 aliphatic heterocycles. The van der Waals surface area contributed by atoms with Crippen LogP contribution in [0.3, 0.4) is 0 Å². The maximum Gasteiger partial charge on any atom is 0.408 e. The molecule has 0 bridgehead atoms. The highest BCUT2D eigenvalue weighted by molar-refractivity contribution is 5.86. The first-order valence-corrected chi connectivity index (χ1v) is 8.44. The second-order valence-corrected chi connectivity index (χ2v) is 7.69. The van der Waals surface area contributed by atoms with Crippen LogP contribution in [0.25, 0.3) is 0 Å². The quantitative estimate of drug-likeness (QED) is 0.396. The molecule has 0 heterocycles. The van der Waals surface area contributed by atoms with Gasteiger partial charge in [0, 0.05) is 13.0 Å². The number of rotatable bonds is 8. The van der Waals surface area contributed by atoms with Crippen LogP contribution in [-0.4, -0.2) is 41.8 Å². The van der Waals surface area contributed by atoms with Crippen LogP contribution in [0, 0.1) is 0 Å². The monoisotopic (exact) mass is 356 g/mol. The van der Waals surface area contributed by atoms with E-state index in [2.05, 4.69) is 17.2 Å². The number of nitrogens with one attached hydrogen (secondary N) is 2. The Morgan fingerprint density at radius 1 is 1.04 bits per heavy atom. The van der Waals surface area contributed by atoms with Crippen LogP contribution in [0.4, 0.5) is 4.79 Å². The molecule has 0 aromatic heterocycles. The third-order valence-electron chi connectivity index (χ3n) is 2.71. The average Bonchev–Trinajstić information content (AvgIpc) is 2.39. The molecule has 2 amide bonds. The van der Waals surface area contributed by atoms with E-state index in [1.807, 2.05) is 0 Å². The molecule has 1 atom stereocenters. The van der Waals surface area contributed by atoms with Crippen molar-refractivity contribution in [3.05, 3.63) is 12.7 Å². The van der Waals surface area contributed by atoms with Gasteiger partial charge in [0.05, 0.1) is 0 Å². The van der Waals surface area contributed by atoms with E-state index in [9.17, 15) is 14.4 Å². The zero-order valence-corrected chi connectivity index (χ0v) is 16.2. The highest BCUT2D eigenvalue weighted by Crippen LogP contribution is 2.11. The van der Waals surface area contributed by atoms with Gasteiger partial charge in [-0.15, -0.1) is 6.58 Å². The van der Waals surface area contributed by atoms with Crippen LogP contribution >= 0.6 is 0 Å². The fourth-order valence-corrected chi connectivity index (χ4v) is 1.79. The number of hydrogen-bond acceptors (Lipinski definition) is 5. The molecule has 0 aliphatic carbocycles. The SMILES string of the molecule is C=CCCNC(=O)[C@H](CCC(=O)OC(C)(C)C)NC(=O)OC(C)(C)C. The van der Waals surface area contributed by atoms with E-state index in [1.165, 1.54) is 0 Å². The fraction of sp³-hybridized carbons (Fsp3) is 0.722. The summed E-state index contributed by atoms with van der Waals surface area (Å²) in [4.78, 5) is 36.0. The van der Waals surface area contributed by atoms with E-state index in [0.29, 0.717) is 13.0 Å². The van der Waals surface area contributed by atoms with Gasteiger partial charge in [-0.3, -0.25) is 9.59 Å². The van der Waals surface area contributed by atoms with Gasteiger partial charge >= 0.3 is 12.1 Å². The molecule has 0 aromatic carbocycles. The maximum absolute atomic E-state index is 12.2. The van der Waals surface area contributed by atoms with Crippen molar-refractivity contribution in [2.75, 3.05) is 6.54 Å². The molecule has 0 rings (SSSR count). The summed E-state index contributed by atoms with van der Waals surface area (Å²) in [5, 5.41) is 5.20. The molecule has 0 radical (unpaired) electrons. The summed E-state index contributed by atoms with van der Waals surface area (Å²) >= 11 is 0. The molecule has 0 spiro atoms. The molecule has 0 unspecified atom stereocenters. The van der Waals surface area contributed by atoms with Gasteiger partial charge in [0.15, 0.2) is 0 Å². The number of alkyl carbamates (subject to hydrolysis) is 1. The van der Waals surface area contributed by atoms with Gasteiger partial charge in [0.25, 0.3) is 0 Å². The van der Waals surface area contributed by atoms with E-state index >= 15 is 0 Å². The Hall–Kier alpha value is -2.05. The molecular weight excluding hydrogens is 324 g/mol. The highest BCUT2D eigenvalue weighted by Gasteiger charge is 2.26. The van der Waals surface area contributed by atoms with Gasteiger partial charge in [-0.05, 0) is 54.4 Å². The zero-order chi connectivity index (χ0) is 19.7. The van der Waals surface area contributed by atoms with Crippen molar-refractivity contribution in [3.63, 3.8) is 0 Å². The molecule has 7 heteroatoms. The van der Waals surface area contributed by atoms with Gasteiger partial charge in [-0.1, -0.05) is 6.08 Å². The third-order valence-corrected chi connectivity index (χ3v) is 2.71. The lowest BCUT2D eigenvalue weighted by molar-refractivity contribution is -0.155. The Labute approximate surface area is 150 Å². The predicted octanol–water partition coefficient (Wildman–Crippen LogP) is 2.69. The Kier molecular flexibility index (Phi) is 9.23. The molecule has 2 N–H and O–H groups in total. The Balaban J connectivity index is 4.77. The maximum atomic E-state index is 12.2. The van der Waals surface area contributed by atoms with Crippen LogP contribution in [0.15, 0.2) is 12.7 Å². The molecule has 0 aromatic rings. The van der Waals surface area contributed by atoms with Crippen LogP contribution < -0.4 is 10.6 Å². The van der Waals surface area contributed by atoms with E-state index in [-0.39, 0.29) is 18.7 Å². The van der Waals surface area contributed by atoms with E-state index in [4.69, 9.17) is 9.47 Å². The summed E-state index contributed by atoms with van der Waals surface area (Å²) < 4.78 is 10.4. The lowest BCUT2D eigenvalue weighted by Crippen LogP contribution is -2.48. The van der Waals surface area contributed by atoms with E-state index in [1.54, 1.807) is 47.6 Å². The first-order chi connectivity index (χ1) is 11.3. The normalized spacial score (nSPS) is 12.7. The number of ether oxygens (including phenoxy) is 2. The van der Waals surface area contributed by atoms with Gasteiger partial charge < -0.3 is 20.1 Å². The van der Waals surface area contributed by atoms with Crippen molar-refractivity contribution < 1.29 is 23.9 Å². The van der Waals surface area contributed by atoms with Crippen LogP contribution in [0.1, 0.15) is 60.8 Å². The van der Waals surface area contributed by atoms with Crippen LogP contribution in [0.5, 0.6) is 0 Å². The van der Waals surface area contributed by atoms with Crippen molar-refractivity contribution in [2.24, 2.45) is 0 Å². The van der Waals surface area contributed by atoms with Gasteiger partial charge in [0.1, 0.15) is 17.2 Å². The second-order valence-electron chi connectivity index (χ2n) is 7.69. The topological polar surface area (TPSA) is 93.7 Å². The standard InChI is InChI=1S/C18H32N2O5/c1-8-9-12-19-15(22)13(20-16(23)25-18(5,6)7)10-11-14(21)24-17(2,3)4/h8,13H,1,9-12H2,2-7H3,(H,19,22)(H,20,23)/t13-/m0/s1. The van der Waals surface area contributed by atoms with Crippen molar-refractivity contribution in [1.29, 1.82) is 0 Å². The summed E-state index contributed by atoms with van der Waals surface area (Å²) in [6.07, 6.45) is 1.70. The number of amides is 2. The zero-order valence-electron chi connectivity index (χ0n) is 16.2. The van der Waals surface area contributed by atoms with Crippen molar-refractivity contribution >= 4 is 18.0 Å². The highest BCUT2D eigenvalue weighted by atomic mass is 16.6. The lowest BCUT2D eigenvalue weighted by atomic mass is 10.1. The van der Waals surface area contributed by atoms with E-state index < -0.39 is 29.3 Å². The Morgan fingerprint density at radius 2 is 1.60 bits per heavy atom. The predicted molar refractivity (Wildman–Crippen MR) is 96.1 cm³/mol. The largest absolute Gasteiger partial charge is 0.460 e. The number of hydrogen-bond donors (Lipinski definition) is 2. The minimum absolute atomic E-state index is 0.00656. The molecule has 25 heavy (non-hydrogen) atoms. The van der Waals surface area contributed by atoms with Crippen molar-refractivity contribution in [1.82, 2.24) is 10.6 Å². The Morgan fingerprint density at radius 3 is 2.08 bits per heavy atom. The first-order valence-electron chi connectivity index (χ1n) is 8.44. The summed E-state index contributed by atoms with van der Waals surface area (Å²) in [6, 6.07) is -0.882. The van der Waals surface area contributed by atoms with E-state index in [0.717, 1.165) is 0 Å². The molecule has 144 valence electrons. The smallest absolute Gasteiger partial charge is 0.408 e. The minimum atomic E-state index is -0.882. The molecule has 0 aliphatic rings. The summed E-state index contributed by atoms with van der Waals surface area (Å²) in [5.41, 5.74) is -1.28. The number of carbonyl (C=O) groups is 3. The first kappa shape index (κ1) is 22.9. The fourth-order valence-electron chi connectivity index (χ4n) is 1.79. The van der Waals surface area contributed by atoms with Gasteiger partial charge in [-0.25, -0.2) is 4.79 Å². The number of carbonyl (C=O) groups excluding carboxylic acids is 3. The van der Waals surface area contributed by atoms with Crippen LogP contribution in [0.2, 0.25) is 0 Å². The van der Waals surface area contributed by atoms with Crippen LogP contribution in [-0.2, 0) is 19.1 Å². The minimum Gasteiger partial charge on any atom is -0.460 e. The molecule has 0 saturated carbocycles. The average molecular weight is 356 g/mol. The Bertz CT molecular complexity index is 475. The van der Waals surface area contributed by atoms with Gasteiger partial charge in [-0.2, -0.15) is 0 Å². The van der Waals surface area contributed by atoms with Gasteiger partial charge in [0.2, 0.25) is 5.91 Å². The summed E-state index contributed by atoms with van der Waals surface area (Å²) in [7, 11) is 0. The molecule has 7 nitrogen and oxygen atoms in total. The lowest BCUT2D eigenvalue weighted by Gasteiger charge is -2.24. The number of esters is 1. The van der Waals surface area contributed by atoms with Crippen molar-refractivity contribution in [3.8, 4) is 0 Å². The molecule has 0 fully saturated rings. The third kappa shape index (κ3) is 13.0. The summed E-state index contributed by atoms with van der Waals surface area (Å²) in [5.74, 6) is -0.807. The van der Waals surface area contributed by atoms with Crippen molar-refractivity contribution in [2.45, 2.75) is 78.0 Å².